The largest absolute Gasteiger partial charge is 0.495 e. The van der Waals surface area contributed by atoms with Crippen molar-refractivity contribution in [3.8, 4) is 5.75 Å². The molecule has 0 aromatic heterocycles. The number of nitrogens with zero attached hydrogens (tertiary/aromatic N) is 1. The number of carbonyl (C=O) groups excluding carboxylic acids is 1. The fourth-order valence-corrected chi connectivity index (χ4v) is 2.64. The molecule has 1 amide bonds. The van der Waals surface area contributed by atoms with E-state index in [9.17, 15) is 21.5 Å². The zero-order valence-corrected chi connectivity index (χ0v) is 10.8. The molecule has 19 heavy (non-hydrogen) atoms. The molecule has 0 N–H and O–H groups in total. The molecular formula is C11H11F2NO4S. The monoisotopic (exact) mass is 291 g/mol. The fraction of sp³-hybridized carbons (Fsp3) is 0.364. The highest BCUT2D eigenvalue weighted by atomic mass is 32.3. The predicted molar refractivity (Wildman–Crippen MR) is 63.7 cm³/mol. The van der Waals surface area contributed by atoms with Gasteiger partial charge in [0.05, 0.1) is 12.8 Å². The molecule has 0 aliphatic carbocycles. The Hall–Kier alpha value is -1.70. The van der Waals surface area contributed by atoms with E-state index in [1.165, 1.54) is 13.2 Å². The maximum absolute atomic E-state index is 13.2. The van der Waals surface area contributed by atoms with Crippen LogP contribution in [0.4, 0.5) is 14.0 Å². The van der Waals surface area contributed by atoms with Crippen LogP contribution in [0.25, 0.3) is 0 Å². The van der Waals surface area contributed by atoms with Crippen LogP contribution in [0.2, 0.25) is 0 Å². The highest BCUT2D eigenvalue weighted by molar-refractivity contribution is 7.87. The molecule has 1 aromatic carbocycles. The first-order valence-corrected chi connectivity index (χ1v) is 6.85. The summed E-state index contributed by atoms with van der Waals surface area (Å²) in [5.74, 6) is -0.975. The normalized spacial score (nSPS) is 19.8. The van der Waals surface area contributed by atoms with E-state index in [4.69, 9.17) is 4.74 Å². The first-order chi connectivity index (χ1) is 8.82. The zero-order valence-electron chi connectivity index (χ0n) is 9.97. The quantitative estimate of drug-likeness (QED) is 0.786. The van der Waals surface area contributed by atoms with E-state index in [1.807, 2.05) is 0 Å². The Bertz CT molecular complexity index is 617. The summed E-state index contributed by atoms with van der Waals surface area (Å²) in [6.07, 6.45) is -0.460. The molecule has 2 rings (SSSR count). The van der Waals surface area contributed by atoms with E-state index in [2.05, 4.69) is 0 Å². The maximum atomic E-state index is 13.2. The van der Waals surface area contributed by atoms with Gasteiger partial charge in [-0.2, -0.15) is 8.42 Å². The van der Waals surface area contributed by atoms with Gasteiger partial charge in [-0.1, -0.05) is 0 Å². The summed E-state index contributed by atoms with van der Waals surface area (Å²) >= 11 is 0. The van der Waals surface area contributed by atoms with Gasteiger partial charge in [-0.3, -0.25) is 4.79 Å². The number of hydrogen-bond donors (Lipinski definition) is 0. The van der Waals surface area contributed by atoms with E-state index < -0.39 is 33.6 Å². The van der Waals surface area contributed by atoms with Crippen LogP contribution in [0.3, 0.4) is 0 Å². The molecule has 104 valence electrons. The molecule has 8 heteroatoms. The number of ether oxygens (including phenoxy) is 1. The van der Waals surface area contributed by atoms with Crippen molar-refractivity contribution in [1.29, 1.82) is 0 Å². The lowest BCUT2D eigenvalue weighted by atomic mass is 10.2. The lowest BCUT2D eigenvalue weighted by molar-refractivity contribution is -0.117. The Morgan fingerprint density at radius 2 is 2.11 bits per heavy atom. The topological polar surface area (TPSA) is 63.7 Å². The minimum Gasteiger partial charge on any atom is -0.495 e. The third kappa shape index (κ3) is 2.67. The van der Waals surface area contributed by atoms with Gasteiger partial charge < -0.3 is 9.64 Å². The van der Waals surface area contributed by atoms with E-state index in [0.29, 0.717) is 0 Å². The van der Waals surface area contributed by atoms with Gasteiger partial charge in [-0.15, -0.1) is 3.89 Å². The molecule has 1 aliphatic heterocycles. The highest BCUT2D eigenvalue weighted by Crippen LogP contribution is 2.33. The van der Waals surface area contributed by atoms with Crippen molar-refractivity contribution >= 4 is 21.8 Å². The third-order valence-corrected chi connectivity index (χ3v) is 4.03. The zero-order chi connectivity index (χ0) is 14.2. The van der Waals surface area contributed by atoms with Gasteiger partial charge in [0.1, 0.15) is 16.8 Å². The van der Waals surface area contributed by atoms with Crippen LogP contribution < -0.4 is 9.64 Å². The van der Waals surface area contributed by atoms with Gasteiger partial charge in [0.2, 0.25) is 5.91 Å². The maximum Gasteiger partial charge on any atom is 0.307 e. The number of anilines is 1. The summed E-state index contributed by atoms with van der Waals surface area (Å²) < 4.78 is 52.7. The number of carbonyl (C=O) groups is 1. The van der Waals surface area contributed by atoms with Crippen molar-refractivity contribution < 1.29 is 26.2 Å². The summed E-state index contributed by atoms with van der Waals surface area (Å²) in [6.45, 7) is -0.350. The second-order valence-corrected chi connectivity index (χ2v) is 5.74. The van der Waals surface area contributed by atoms with Crippen LogP contribution in [0, 0.1) is 5.82 Å². The molecule has 1 atom stereocenters. The first-order valence-electron chi connectivity index (χ1n) is 5.40. The fourth-order valence-electron chi connectivity index (χ4n) is 1.97. The summed E-state index contributed by atoms with van der Waals surface area (Å²) in [5, 5.41) is -1.42. The molecule has 0 radical (unpaired) electrons. The van der Waals surface area contributed by atoms with Crippen molar-refractivity contribution in [2.45, 2.75) is 11.7 Å². The van der Waals surface area contributed by atoms with Crippen molar-refractivity contribution in [2.75, 3.05) is 18.6 Å². The number of halogens is 2. The van der Waals surface area contributed by atoms with Crippen LogP contribution >= 0.6 is 0 Å². The second-order valence-electron chi connectivity index (χ2n) is 4.12. The molecule has 1 saturated heterocycles. The minimum absolute atomic E-state index is 0.0960. The number of benzene rings is 1. The van der Waals surface area contributed by atoms with Crippen molar-refractivity contribution in [1.82, 2.24) is 0 Å². The lowest BCUT2D eigenvalue weighted by Crippen LogP contribution is -2.27. The molecule has 1 fully saturated rings. The molecule has 0 spiro atoms. The molecular weight excluding hydrogens is 280 g/mol. The van der Waals surface area contributed by atoms with Crippen LogP contribution in [0.15, 0.2) is 18.2 Å². The second kappa shape index (κ2) is 4.76. The average Bonchev–Trinajstić information content (AvgIpc) is 2.71. The molecule has 5 nitrogen and oxygen atoms in total. The minimum atomic E-state index is -4.80. The van der Waals surface area contributed by atoms with Crippen LogP contribution in [-0.2, 0) is 15.0 Å². The SMILES string of the molecule is COc1ccc(F)cc1N1CC(S(=O)(=O)F)CC1=O. The molecule has 1 unspecified atom stereocenters. The Morgan fingerprint density at radius 1 is 1.42 bits per heavy atom. The molecule has 0 bridgehead atoms. The predicted octanol–water partition coefficient (Wildman–Crippen LogP) is 1.24. The number of amides is 1. The Labute approximate surface area is 109 Å². The number of hydrogen-bond acceptors (Lipinski definition) is 4. The Kier molecular flexibility index (Phi) is 3.44. The summed E-state index contributed by atoms with van der Waals surface area (Å²) in [4.78, 5) is 12.7. The van der Waals surface area contributed by atoms with E-state index in [0.717, 1.165) is 17.0 Å². The van der Waals surface area contributed by atoms with Gasteiger partial charge in [-0.05, 0) is 12.1 Å². The van der Waals surface area contributed by atoms with E-state index >= 15 is 0 Å². The van der Waals surface area contributed by atoms with E-state index in [1.54, 1.807) is 0 Å². The molecule has 1 aromatic rings. The third-order valence-electron chi connectivity index (χ3n) is 2.92. The summed E-state index contributed by atoms with van der Waals surface area (Å²) in [6, 6.07) is 3.51. The van der Waals surface area contributed by atoms with Gasteiger partial charge >= 0.3 is 10.2 Å². The van der Waals surface area contributed by atoms with Crippen LogP contribution in [-0.4, -0.2) is 33.2 Å². The standard InChI is InChI=1S/C11H11F2NO4S/c1-18-10-3-2-7(12)4-9(10)14-6-8(5-11(14)15)19(13,16)17/h2-4,8H,5-6H2,1H3. The van der Waals surface area contributed by atoms with Gasteiger partial charge in [0, 0.05) is 19.0 Å². The Morgan fingerprint density at radius 3 is 2.63 bits per heavy atom. The van der Waals surface area contributed by atoms with Crippen LogP contribution in [0.1, 0.15) is 6.42 Å². The van der Waals surface area contributed by atoms with Crippen molar-refractivity contribution in [3.63, 3.8) is 0 Å². The molecule has 1 aliphatic rings. The average molecular weight is 291 g/mol. The van der Waals surface area contributed by atoms with Crippen molar-refractivity contribution in [2.24, 2.45) is 0 Å². The first kappa shape index (κ1) is 13.7. The number of methoxy groups -OCH3 is 1. The van der Waals surface area contributed by atoms with Crippen LogP contribution in [0.5, 0.6) is 5.75 Å². The van der Waals surface area contributed by atoms with Gasteiger partial charge in [0.15, 0.2) is 0 Å². The molecule has 0 saturated carbocycles. The summed E-state index contributed by atoms with van der Waals surface area (Å²) in [7, 11) is -3.47. The van der Waals surface area contributed by atoms with Gasteiger partial charge in [-0.25, -0.2) is 4.39 Å². The van der Waals surface area contributed by atoms with Crippen molar-refractivity contribution in [3.05, 3.63) is 24.0 Å². The molecule has 1 heterocycles. The summed E-state index contributed by atoms with van der Waals surface area (Å²) in [5.41, 5.74) is 0.0960. The number of rotatable bonds is 3. The van der Waals surface area contributed by atoms with Gasteiger partial charge in [0.25, 0.3) is 0 Å². The van der Waals surface area contributed by atoms with E-state index in [-0.39, 0.29) is 18.0 Å². The lowest BCUT2D eigenvalue weighted by Gasteiger charge is -2.19. The highest BCUT2D eigenvalue weighted by Gasteiger charge is 2.40. The Balaban J connectivity index is 2.38. The smallest absolute Gasteiger partial charge is 0.307 e.